The number of amides is 3. The molecule has 1 heterocycles. The van der Waals surface area contributed by atoms with E-state index >= 15 is 0 Å². The van der Waals surface area contributed by atoms with E-state index < -0.39 is 23.9 Å². The molecule has 1 unspecified atom stereocenters. The van der Waals surface area contributed by atoms with Gasteiger partial charge in [0.1, 0.15) is 18.1 Å². The second kappa shape index (κ2) is 12.0. The Kier molecular flexibility index (Phi) is 9.37. The Morgan fingerprint density at radius 2 is 1.94 bits per heavy atom. The van der Waals surface area contributed by atoms with Crippen LogP contribution in [0.15, 0.2) is 30.3 Å². The average Bonchev–Trinajstić information content (AvgIpc) is 2.73. The van der Waals surface area contributed by atoms with Crippen molar-refractivity contribution in [2.75, 3.05) is 6.54 Å². The topological polar surface area (TPSA) is 104 Å². The molecule has 0 aromatic heterocycles. The summed E-state index contributed by atoms with van der Waals surface area (Å²) < 4.78 is 13.0. The van der Waals surface area contributed by atoms with Crippen LogP contribution in [0.2, 0.25) is 0 Å². The summed E-state index contributed by atoms with van der Waals surface area (Å²) in [6, 6.07) is 4.02. The molecule has 8 heteroatoms. The predicted octanol–water partition coefficient (Wildman–Crippen LogP) is 1.97. The first-order valence-corrected chi connectivity index (χ1v) is 10.6. The molecule has 168 valence electrons. The number of hydrogen-bond donors (Lipinski definition) is 3. The minimum absolute atomic E-state index is 0.106. The molecule has 0 radical (unpaired) electrons. The van der Waals surface area contributed by atoms with E-state index in [1.165, 1.54) is 36.4 Å². The quantitative estimate of drug-likeness (QED) is 0.389. The Bertz CT molecular complexity index is 808. The number of carbonyl (C=O) groups is 4. The van der Waals surface area contributed by atoms with Gasteiger partial charge in [-0.05, 0) is 55.4 Å². The second-order valence-electron chi connectivity index (χ2n) is 8.19. The molecular formula is C23H30FN3O4. The van der Waals surface area contributed by atoms with Crippen LogP contribution in [0.1, 0.15) is 45.1 Å². The van der Waals surface area contributed by atoms with Gasteiger partial charge in [0.15, 0.2) is 0 Å². The highest BCUT2D eigenvalue weighted by Crippen LogP contribution is 2.17. The normalized spacial score (nSPS) is 18.3. The minimum Gasteiger partial charge on any atom is -0.356 e. The van der Waals surface area contributed by atoms with E-state index in [4.69, 9.17) is 0 Å². The lowest BCUT2D eigenvalue weighted by atomic mass is 9.91. The molecule has 31 heavy (non-hydrogen) atoms. The third kappa shape index (κ3) is 8.32. The van der Waals surface area contributed by atoms with E-state index in [1.54, 1.807) is 0 Å². The van der Waals surface area contributed by atoms with Crippen LogP contribution in [0.5, 0.6) is 0 Å². The molecule has 3 N–H and O–H groups in total. The fraction of sp³-hybridized carbons (Fsp3) is 0.478. The lowest BCUT2D eigenvalue weighted by molar-refractivity contribution is -0.130. The standard InChI is InChI=1S/C23H30FN3O4/c1-15(2)12-20(27-21(29)10-7-16-5-8-18(24)9-6-16)23(31)26-19(14-28)13-17-4-3-11-25-22(17)30/h5-10,14-15,17,19-20H,3-4,11-13H2,1-2H3,(H,25,30)(H,26,31)(H,27,29)/b10-7+/t17?,19-,20-/m0/s1. The van der Waals surface area contributed by atoms with Crippen molar-refractivity contribution in [1.82, 2.24) is 16.0 Å². The van der Waals surface area contributed by atoms with E-state index in [9.17, 15) is 23.6 Å². The van der Waals surface area contributed by atoms with Crippen molar-refractivity contribution in [2.24, 2.45) is 11.8 Å². The van der Waals surface area contributed by atoms with Crippen molar-refractivity contribution >= 4 is 30.1 Å². The molecule has 1 saturated heterocycles. The summed E-state index contributed by atoms with van der Waals surface area (Å²) in [4.78, 5) is 48.5. The van der Waals surface area contributed by atoms with Gasteiger partial charge in [-0.2, -0.15) is 0 Å². The molecule has 1 fully saturated rings. The van der Waals surface area contributed by atoms with Crippen molar-refractivity contribution in [3.8, 4) is 0 Å². The van der Waals surface area contributed by atoms with Gasteiger partial charge < -0.3 is 20.7 Å². The first-order valence-electron chi connectivity index (χ1n) is 10.6. The highest BCUT2D eigenvalue weighted by molar-refractivity contribution is 5.96. The highest BCUT2D eigenvalue weighted by Gasteiger charge is 2.28. The zero-order valence-corrected chi connectivity index (χ0v) is 17.9. The summed E-state index contributed by atoms with van der Waals surface area (Å²) in [5.41, 5.74) is 0.646. The molecule has 1 aliphatic rings. The monoisotopic (exact) mass is 431 g/mol. The molecule has 0 aliphatic carbocycles. The van der Waals surface area contributed by atoms with Gasteiger partial charge >= 0.3 is 0 Å². The van der Waals surface area contributed by atoms with Crippen LogP contribution in [0.3, 0.4) is 0 Å². The SMILES string of the molecule is CC(C)C[C@H](NC(=O)/C=C/c1ccc(F)cc1)C(=O)N[C@H](C=O)CC1CCCNC1=O. The van der Waals surface area contributed by atoms with Gasteiger partial charge in [-0.25, -0.2) is 4.39 Å². The average molecular weight is 432 g/mol. The van der Waals surface area contributed by atoms with E-state index in [2.05, 4.69) is 16.0 Å². The number of piperidine rings is 1. The molecule has 1 aromatic rings. The number of benzene rings is 1. The van der Waals surface area contributed by atoms with E-state index in [-0.39, 0.29) is 30.0 Å². The fourth-order valence-electron chi connectivity index (χ4n) is 3.47. The van der Waals surface area contributed by atoms with Crippen LogP contribution in [0.25, 0.3) is 6.08 Å². The summed E-state index contributed by atoms with van der Waals surface area (Å²) in [7, 11) is 0. The summed E-state index contributed by atoms with van der Waals surface area (Å²) in [6.07, 6.45) is 5.55. The van der Waals surface area contributed by atoms with Crippen LogP contribution in [-0.4, -0.2) is 42.6 Å². The number of carbonyl (C=O) groups excluding carboxylic acids is 4. The zero-order valence-electron chi connectivity index (χ0n) is 17.9. The zero-order chi connectivity index (χ0) is 22.8. The molecular weight excluding hydrogens is 401 g/mol. The second-order valence-corrected chi connectivity index (χ2v) is 8.19. The molecule has 1 aromatic carbocycles. The molecule has 0 saturated carbocycles. The summed E-state index contributed by atoms with van der Waals surface area (Å²) in [5.74, 6) is -1.61. The third-order valence-electron chi connectivity index (χ3n) is 5.07. The molecule has 3 atom stereocenters. The summed E-state index contributed by atoms with van der Waals surface area (Å²) in [6.45, 7) is 4.47. The van der Waals surface area contributed by atoms with Gasteiger partial charge in [0, 0.05) is 18.5 Å². The smallest absolute Gasteiger partial charge is 0.244 e. The van der Waals surface area contributed by atoms with E-state index in [1.807, 2.05) is 13.8 Å². The van der Waals surface area contributed by atoms with Crippen LogP contribution in [0.4, 0.5) is 4.39 Å². The molecule has 7 nitrogen and oxygen atoms in total. The molecule has 1 aliphatic heterocycles. The lowest BCUT2D eigenvalue weighted by Gasteiger charge is -2.26. The van der Waals surface area contributed by atoms with Gasteiger partial charge in [0.05, 0.1) is 6.04 Å². The van der Waals surface area contributed by atoms with Gasteiger partial charge in [-0.1, -0.05) is 26.0 Å². The number of nitrogens with one attached hydrogen (secondary N) is 3. The lowest BCUT2D eigenvalue weighted by Crippen LogP contribution is -2.51. The van der Waals surface area contributed by atoms with E-state index in [0.29, 0.717) is 31.2 Å². The largest absolute Gasteiger partial charge is 0.356 e. The van der Waals surface area contributed by atoms with Gasteiger partial charge in [-0.3, -0.25) is 14.4 Å². The van der Waals surface area contributed by atoms with Crippen LogP contribution >= 0.6 is 0 Å². The van der Waals surface area contributed by atoms with Crippen LogP contribution in [0, 0.1) is 17.7 Å². The maximum atomic E-state index is 13.0. The Morgan fingerprint density at radius 3 is 2.55 bits per heavy atom. The minimum atomic E-state index is -0.826. The van der Waals surface area contributed by atoms with Crippen molar-refractivity contribution in [3.63, 3.8) is 0 Å². The maximum absolute atomic E-state index is 13.0. The van der Waals surface area contributed by atoms with Crippen LogP contribution < -0.4 is 16.0 Å². The fourth-order valence-corrected chi connectivity index (χ4v) is 3.47. The van der Waals surface area contributed by atoms with Crippen molar-refractivity contribution in [2.45, 2.75) is 51.6 Å². The number of rotatable bonds is 10. The first kappa shape index (κ1) is 24.2. The van der Waals surface area contributed by atoms with Crippen molar-refractivity contribution in [3.05, 3.63) is 41.7 Å². The molecule has 0 spiro atoms. The molecule has 3 amide bonds. The Morgan fingerprint density at radius 1 is 1.23 bits per heavy atom. The predicted molar refractivity (Wildman–Crippen MR) is 115 cm³/mol. The van der Waals surface area contributed by atoms with Gasteiger partial charge in [0.25, 0.3) is 0 Å². The Balaban J connectivity index is 1.97. The highest BCUT2D eigenvalue weighted by atomic mass is 19.1. The van der Waals surface area contributed by atoms with E-state index in [0.717, 1.165) is 6.42 Å². The molecule has 0 bridgehead atoms. The van der Waals surface area contributed by atoms with Gasteiger partial charge in [0.2, 0.25) is 17.7 Å². The Hall–Kier alpha value is -3.03. The van der Waals surface area contributed by atoms with Crippen molar-refractivity contribution < 1.29 is 23.6 Å². The number of halogens is 1. The van der Waals surface area contributed by atoms with Gasteiger partial charge in [-0.15, -0.1) is 0 Å². The Labute approximate surface area is 181 Å². The molecule has 2 rings (SSSR count). The summed E-state index contributed by atoms with van der Waals surface area (Å²) >= 11 is 0. The summed E-state index contributed by atoms with van der Waals surface area (Å²) in [5, 5.41) is 8.09. The maximum Gasteiger partial charge on any atom is 0.244 e. The van der Waals surface area contributed by atoms with Crippen molar-refractivity contribution in [1.29, 1.82) is 0 Å². The van der Waals surface area contributed by atoms with Crippen LogP contribution in [-0.2, 0) is 19.2 Å². The number of hydrogen-bond acceptors (Lipinski definition) is 4. The first-order chi connectivity index (χ1) is 14.8. The third-order valence-corrected chi connectivity index (χ3v) is 5.07. The number of aldehydes is 1.